The van der Waals surface area contributed by atoms with Crippen LogP contribution in [0.4, 0.5) is 11.5 Å². The number of pyridine rings is 1. The first-order valence-corrected chi connectivity index (χ1v) is 4.96. The first-order chi connectivity index (χ1) is 6.79. The van der Waals surface area contributed by atoms with Crippen LogP contribution in [0.5, 0.6) is 0 Å². The second-order valence-corrected chi connectivity index (χ2v) is 4.51. The van der Waals surface area contributed by atoms with Gasteiger partial charge in [0.2, 0.25) is 0 Å². The van der Waals surface area contributed by atoms with Crippen molar-refractivity contribution in [3.8, 4) is 0 Å². The fraction of sp³-hybridized carbons (Fsp3) is 0.545. The van der Waals surface area contributed by atoms with Crippen LogP contribution in [0.15, 0.2) is 12.1 Å². The van der Waals surface area contributed by atoms with Crippen LogP contribution in [0.3, 0.4) is 0 Å². The fourth-order valence-corrected chi connectivity index (χ4v) is 1.43. The van der Waals surface area contributed by atoms with Crippen LogP contribution in [0.2, 0.25) is 0 Å². The van der Waals surface area contributed by atoms with Crippen molar-refractivity contribution in [3.05, 3.63) is 17.8 Å². The SMILES string of the molecule is Cc1nc(N(C)CC(C)(C)O)ccc1N. The first kappa shape index (κ1) is 11.8. The molecule has 1 heterocycles. The average Bonchev–Trinajstić information content (AvgIpc) is 2.06. The Hall–Kier alpha value is -1.29. The molecule has 0 atom stereocenters. The minimum absolute atomic E-state index is 0.531. The van der Waals surface area contributed by atoms with Crippen LogP contribution in [0.1, 0.15) is 19.5 Å². The van der Waals surface area contributed by atoms with Gasteiger partial charge in [-0.2, -0.15) is 0 Å². The molecule has 0 saturated carbocycles. The van der Waals surface area contributed by atoms with Crippen LogP contribution >= 0.6 is 0 Å². The molecule has 0 radical (unpaired) electrons. The van der Waals surface area contributed by atoms with Gasteiger partial charge < -0.3 is 15.7 Å². The fourth-order valence-electron chi connectivity index (χ4n) is 1.43. The van der Waals surface area contributed by atoms with E-state index >= 15 is 0 Å². The number of rotatable bonds is 3. The summed E-state index contributed by atoms with van der Waals surface area (Å²) >= 11 is 0. The molecule has 0 fully saturated rings. The largest absolute Gasteiger partial charge is 0.397 e. The van der Waals surface area contributed by atoms with Crippen molar-refractivity contribution in [2.45, 2.75) is 26.4 Å². The zero-order chi connectivity index (χ0) is 11.6. The number of nitrogen functional groups attached to an aromatic ring is 1. The number of aromatic nitrogens is 1. The standard InChI is InChI=1S/C11H19N3O/c1-8-9(12)5-6-10(13-8)14(4)7-11(2,3)15/h5-6,15H,7,12H2,1-4H3. The van der Waals surface area contributed by atoms with Crippen molar-refractivity contribution in [2.24, 2.45) is 0 Å². The van der Waals surface area contributed by atoms with Gasteiger partial charge in [-0.05, 0) is 32.9 Å². The van der Waals surface area contributed by atoms with Crippen molar-refractivity contribution >= 4 is 11.5 Å². The van der Waals surface area contributed by atoms with Crippen LogP contribution in [0.25, 0.3) is 0 Å². The third-order valence-corrected chi connectivity index (χ3v) is 2.13. The van der Waals surface area contributed by atoms with Crippen LogP contribution < -0.4 is 10.6 Å². The molecule has 0 saturated heterocycles. The molecule has 0 amide bonds. The monoisotopic (exact) mass is 209 g/mol. The van der Waals surface area contributed by atoms with Crippen LogP contribution in [-0.4, -0.2) is 29.3 Å². The number of nitrogens with zero attached hydrogens (tertiary/aromatic N) is 2. The van der Waals surface area contributed by atoms with E-state index in [1.807, 2.05) is 31.0 Å². The smallest absolute Gasteiger partial charge is 0.128 e. The lowest BCUT2D eigenvalue weighted by atomic mass is 10.1. The van der Waals surface area contributed by atoms with Gasteiger partial charge in [-0.15, -0.1) is 0 Å². The Kier molecular flexibility index (Phi) is 3.19. The Morgan fingerprint density at radius 1 is 1.47 bits per heavy atom. The van der Waals surface area contributed by atoms with Gasteiger partial charge in [0.15, 0.2) is 0 Å². The van der Waals surface area contributed by atoms with E-state index in [0.29, 0.717) is 12.2 Å². The lowest BCUT2D eigenvalue weighted by Crippen LogP contribution is -2.36. The van der Waals surface area contributed by atoms with Gasteiger partial charge in [0, 0.05) is 13.6 Å². The van der Waals surface area contributed by atoms with Crippen molar-refractivity contribution in [2.75, 3.05) is 24.2 Å². The van der Waals surface area contributed by atoms with Crippen LogP contribution in [-0.2, 0) is 0 Å². The van der Waals surface area contributed by atoms with Gasteiger partial charge in [-0.1, -0.05) is 0 Å². The van der Waals surface area contributed by atoms with E-state index in [9.17, 15) is 5.11 Å². The summed E-state index contributed by atoms with van der Waals surface area (Å²) < 4.78 is 0. The predicted octanol–water partition coefficient (Wildman–Crippen LogP) is 1.18. The maximum absolute atomic E-state index is 9.68. The maximum Gasteiger partial charge on any atom is 0.128 e. The van der Waals surface area contributed by atoms with E-state index in [4.69, 9.17) is 5.73 Å². The molecule has 1 aromatic heterocycles. The molecule has 0 aliphatic rings. The number of aliphatic hydroxyl groups is 1. The number of hydrogen-bond donors (Lipinski definition) is 2. The molecular weight excluding hydrogens is 190 g/mol. The van der Waals surface area contributed by atoms with Gasteiger partial charge in [0.25, 0.3) is 0 Å². The number of likely N-dealkylation sites (N-methyl/N-ethyl adjacent to an activating group) is 1. The quantitative estimate of drug-likeness (QED) is 0.784. The highest BCUT2D eigenvalue weighted by Crippen LogP contribution is 2.16. The summed E-state index contributed by atoms with van der Waals surface area (Å²) in [6, 6.07) is 3.69. The van der Waals surface area contributed by atoms with Crippen molar-refractivity contribution in [3.63, 3.8) is 0 Å². The molecule has 1 aromatic rings. The highest BCUT2D eigenvalue weighted by atomic mass is 16.3. The number of nitrogens with two attached hydrogens (primary N) is 1. The Labute approximate surface area is 90.7 Å². The molecule has 4 nitrogen and oxygen atoms in total. The third kappa shape index (κ3) is 3.40. The second kappa shape index (κ2) is 4.06. The predicted molar refractivity (Wildman–Crippen MR) is 63.0 cm³/mol. The highest BCUT2D eigenvalue weighted by molar-refractivity contribution is 5.50. The zero-order valence-electron chi connectivity index (χ0n) is 9.78. The van der Waals surface area contributed by atoms with E-state index in [-0.39, 0.29) is 0 Å². The summed E-state index contributed by atoms with van der Waals surface area (Å²) in [5.41, 5.74) is 6.46. The molecular formula is C11H19N3O. The Morgan fingerprint density at radius 3 is 2.53 bits per heavy atom. The van der Waals surface area contributed by atoms with E-state index in [1.165, 1.54) is 0 Å². The van der Waals surface area contributed by atoms with Crippen molar-refractivity contribution < 1.29 is 5.11 Å². The van der Waals surface area contributed by atoms with Crippen molar-refractivity contribution in [1.29, 1.82) is 0 Å². The lowest BCUT2D eigenvalue weighted by molar-refractivity contribution is 0.0884. The number of hydrogen-bond acceptors (Lipinski definition) is 4. The van der Waals surface area contributed by atoms with Gasteiger partial charge in [-0.25, -0.2) is 4.98 Å². The molecule has 3 N–H and O–H groups in total. The number of anilines is 2. The van der Waals surface area contributed by atoms with Gasteiger partial charge >= 0.3 is 0 Å². The Morgan fingerprint density at radius 2 is 2.07 bits per heavy atom. The van der Waals surface area contributed by atoms with Crippen molar-refractivity contribution in [1.82, 2.24) is 4.98 Å². The molecule has 0 aromatic carbocycles. The minimum atomic E-state index is -0.730. The summed E-state index contributed by atoms with van der Waals surface area (Å²) in [5.74, 6) is 0.823. The topological polar surface area (TPSA) is 62.4 Å². The van der Waals surface area contributed by atoms with E-state index in [1.54, 1.807) is 13.8 Å². The van der Waals surface area contributed by atoms with E-state index < -0.39 is 5.60 Å². The number of aryl methyl sites for hydroxylation is 1. The summed E-state index contributed by atoms with van der Waals surface area (Å²) in [7, 11) is 1.90. The normalized spacial score (nSPS) is 11.5. The van der Waals surface area contributed by atoms with Crippen LogP contribution in [0, 0.1) is 6.92 Å². The Balaban J connectivity index is 2.83. The second-order valence-electron chi connectivity index (χ2n) is 4.51. The van der Waals surface area contributed by atoms with Gasteiger partial charge in [0.1, 0.15) is 5.82 Å². The molecule has 0 unspecified atom stereocenters. The summed E-state index contributed by atoms with van der Waals surface area (Å²) in [5, 5.41) is 9.68. The molecule has 0 aliphatic carbocycles. The summed E-state index contributed by atoms with van der Waals surface area (Å²) in [4.78, 5) is 6.26. The molecule has 84 valence electrons. The summed E-state index contributed by atoms with van der Waals surface area (Å²) in [6.45, 7) is 5.95. The van der Waals surface area contributed by atoms with E-state index in [0.717, 1.165) is 11.5 Å². The van der Waals surface area contributed by atoms with Gasteiger partial charge in [0.05, 0.1) is 17.0 Å². The molecule has 4 heteroatoms. The zero-order valence-corrected chi connectivity index (χ0v) is 9.78. The first-order valence-electron chi connectivity index (χ1n) is 4.96. The lowest BCUT2D eigenvalue weighted by Gasteiger charge is -2.26. The highest BCUT2D eigenvalue weighted by Gasteiger charge is 2.16. The minimum Gasteiger partial charge on any atom is -0.397 e. The molecule has 0 spiro atoms. The Bertz CT molecular complexity index is 344. The molecule has 1 rings (SSSR count). The van der Waals surface area contributed by atoms with E-state index in [2.05, 4.69) is 4.98 Å². The summed E-state index contributed by atoms with van der Waals surface area (Å²) in [6.07, 6.45) is 0. The molecule has 15 heavy (non-hydrogen) atoms. The average molecular weight is 209 g/mol. The third-order valence-electron chi connectivity index (χ3n) is 2.13. The molecule has 0 bridgehead atoms. The molecule has 0 aliphatic heterocycles. The van der Waals surface area contributed by atoms with Gasteiger partial charge in [-0.3, -0.25) is 0 Å². The maximum atomic E-state index is 9.68.